The molecule has 0 saturated carbocycles. The Kier molecular flexibility index (Phi) is 9.97. The Morgan fingerprint density at radius 3 is 2.03 bits per heavy atom. The predicted molar refractivity (Wildman–Crippen MR) is 103 cm³/mol. The molecule has 3 nitrogen and oxygen atoms in total. The van der Waals surface area contributed by atoms with Crippen LogP contribution in [-0.4, -0.2) is 4.98 Å². The molecule has 3 aromatic rings. The van der Waals surface area contributed by atoms with Gasteiger partial charge in [0.25, 0.3) is 0 Å². The lowest BCUT2D eigenvalue weighted by Gasteiger charge is -2.03. The van der Waals surface area contributed by atoms with Gasteiger partial charge in [0.2, 0.25) is 0 Å². The van der Waals surface area contributed by atoms with E-state index in [4.69, 9.17) is 5.26 Å². The average Bonchev–Trinajstić information content (AvgIpc) is 2.76. The van der Waals surface area contributed by atoms with Gasteiger partial charge in [0.1, 0.15) is 35.8 Å². The first kappa shape index (κ1) is 24.6. The van der Waals surface area contributed by atoms with Gasteiger partial charge in [-0.15, -0.1) is 0 Å². The molecule has 0 N–H and O–H groups in total. The van der Waals surface area contributed by atoms with E-state index < -0.39 is 35.4 Å². The van der Waals surface area contributed by atoms with Crippen LogP contribution < -0.4 is 4.94 Å². The molecular formula is C22H19F5N2O. The molecule has 3 rings (SSSR count). The van der Waals surface area contributed by atoms with Crippen molar-refractivity contribution in [2.24, 2.45) is 0 Å². The summed E-state index contributed by atoms with van der Waals surface area (Å²) in [6.07, 6.45) is 1.72. The molecule has 1 aromatic heterocycles. The number of aromatic nitrogens is 1. The molecule has 0 atom stereocenters. The molecular weight excluding hydrogens is 403 g/mol. The zero-order chi connectivity index (χ0) is 22.7. The molecule has 0 spiro atoms. The summed E-state index contributed by atoms with van der Waals surface area (Å²) in [6.45, 7) is 5.15. The molecule has 1 heterocycles. The van der Waals surface area contributed by atoms with Crippen molar-refractivity contribution in [3.05, 3.63) is 82.8 Å². The summed E-state index contributed by atoms with van der Waals surface area (Å²) in [7, 11) is 0. The van der Waals surface area contributed by atoms with Gasteiger partial charge in [-0.1, -0.05) is 32.0 Å². The van der Waals surface area contributed by atoms with E-state index in [1.54, 1.807) is 12.3 Å². The fraction of sp³-hybridized carbons (Fsp3) is 0.182. The first-order chi connectivity index (χ1) is 14.4. The molecule has 0 radical (unpaired) electrons. The van der Waals surface area contributed by atoms with Gasteiger partial charge in [-0.2, -0.15) is 5.26 Å². The maximum Gasteiger partial charge on any atom is 0.177 e. The van der Waals surface area contributed by atoms with Crippen LogP contribution in [0, 0.1) is 35.7 Å². The Labute approximate surface area is 171 Å². The number of nitriles is 1. The fourth-order valence-corrected chi connectivity index (χ4v) is 2.15. The molecule has 0 bridgehead atoms. The first-order valence-electron chi connectivity index (χ1n) is 8.84. The molecule has 30 heavy (non-hydrogen) atoms. The second kappa shape index (κ2) is 12.2. The second-order valence-electron chi connectivity index (χ2n) is 5.61. The van der Waals surface area contributed by atoms with Crippen LogP contribution >= 0.6 is 0 Å². The van der Waals surface area contributed by atoms with E-state index in [9.17, 15) is 22.1 Å². The molecule has 2 aromatic carbocycles. The number of halogens is 5. The highest BCUT2D eigenvalue weighted by molar-refractivity contribution is 5.59. The zero-order valence-corrected chi connectivity index (χ0v) is 16.5. The number of hydrogen-bond acceptors (Lipinski definition) is 3. The van der Waals surface area contributed by atoms with Crippen molar-refractivity contribution >= 4 is 0 Å². The minimum Gasteiger partial charge on any atom is -0.294 e. The van der Waals surface area contributed by atoms with Gasteiger partial charge in [-0.3, -0.25) is 9.93 Å². The molecule has 0 unspecified atom stereocenters. The first-order valence-corrected chi connectivity index (χ1v) is 8.84. The smallest absolute Gasteiger partial charge is 0.177 e. The topological polar surface area (TPSA) is 45.9 Å². The number of aryl methyl sites for hydroxylation is 1. The zero-order valence-electron chi connectivity index (χ0n) is 16.5. The summed E-state index contributed by atoms with van der Waals surface area (Å²) >= 11 is 0. The Morgan fingerprint density at radius 1 is 0.967 bits per heavy atom. The average molecular weight is 422 g/mol. The minimum atomic E-state index is -1.15. The summed E-state index contributed by atoms with van der Waals surface area (Å²) in [6, 6.07) is 10.6. The van der Waals surface area contributed by atoms with E-state index in [0.717, 1.165) is 5.56 Å². The molecule has 0 aliphatic carbocycles. The Bertz CT molecular complexity index is 978. The standard InChI is InChI=1S/C13H11F2N.C7H2F3NO.C2H6/c1-9-2-5-13(16-8-9)10-3-4-11(7-14)12(15)6-10;8-6-1-4(12-10)2-7(9)5(6)3-11;1-2/h2-6,8H,7H2,1H3;1-2H;1-2H3. The highest BCUT2D eigenvalue weighted by Crippen LogP contribution is 2.21. The van der Waals surface area contributed by atoms with Crippen LogP contribution in [0.3, 0.4) is 0 Å². The van der Waals surface area contributed by atoms with Crippen LogP contribution in [0.2, 0.25) is 0 Å². The lowest BCUT2D eigenvalue weighted by Crippen LogP contribution is -1.90. The van der Waals surface area contributed by atoms with Crippen LogP contribution in [-0.2, 0) is 6.67 Å². The predicted octanol–water partition coefficient (Wildman–Crippen LogP) is 6.79. The summed E-state index contributed by atoms with van der Waals surface area (Å²) in [5.74, 6) is -3.43. The van der Waals surface area contributed by atoms with Crippen molar-refractivity contribution in [3.8, 4) is 23.1 Å². The third kappa shape index (κ3) is 6.55. The molecule has 0 fully saturated rings. The quantitative estimate of drug-likeness (QED) is 0.437. The normalized spacial score (nSPS) is 9.43. The van der Waals surface area contributed by atoms with Crippen LogP contribution in [0.4, 0.5) is 22.1 Å². The van der Waals surface area contributed by atoms with E-state index >= 15 is 0 Å². The SMILES string of the molecule is CC.Cc1ccc(-c2ccc(CF)c(F)c2)nc1.N#Cc1c(F)cc(OF)cc1F. The van der Waals surface area contributed by atoms with Crippen molar-refractivity contribution in [2.75, 3.05) is 0 Å². The lowest BCUT2D eigenvalue weighted by molar-refractivity contribution is -0.00692. The van der Waals surface area contributed by atoms with Crippen molar-refractivity contribution in [2.45, 2.75) is 27.4 Å². The molecule has 0 aliphatic heterocycles. The number of rotatable bonds is 3. The van der Waals surface area contributed by atoms with E-state index in [0.29, 0.717) is 23.4 Å². The Morgan fingerprint density at radius 2 is 1.60 bits per heavy atom. The Balaban J connectivity index is 0.000000287. The highest BCUT2D eigenvalue weighted by Gasteiger charge is 2.11. The molecule has 0 amide bonds. The highest BCUT2D eigenvalue weighted by atomic mass is 19.3. The summed E-state index contributed by atoms with van der Waals surface area (Å²) < 4.78 is 62.2. The van der Waals surface area contributed by atoms with E-state index in [2.05, 4.69) is 9.93 Å². The number of hydrogen-bond donors (Lipinski definition) is 0. The van der Waals surface area contributed by atoms with Gasteiger partial charge in [-0.25, -0.2) is 17.6 Å². The van der Waals surface area contributed by atoms with Gasteiger partial charge in [0.05, 0.1) is 5.69 Å². The van der Waals surface area contributed by atoms with E-state index in [1.165, 1.54) is 18.2 Å². The third-order valence-electron chi connectivity index (χ3n) is 3.62. The molecule has 0 aliphatic rings. The maximum atomic E-state index is 13.3. The van der Waals surface area contributed by atoms with Gasteiger partial charge in [0.15, 0.2) is 5.75 Å². The maximum absolute atomic E-state index is 13.3. The van der Waals surface area contributed by atoms with Gasteiger partial charge in [0, 0.05) is 34.0 Å². The molecule has 0 saturated heterocycles. The fourth-order valence-electron chi connectivity index (χ4n) is 2.15. The van der Waals surface area contributed by atoms with Crippen LogP contribution in [0.15, 0.2) is 48.7 Å². The summed E-state index contributed by atoms with van der Waals surface area (Å²) in [4.78, 5) is 7.27. The van der Waals surface area contributed by atoms with Crippen LogP contribution in [0.1, 0.15) is 30.5 Å². The van der Waals surface area contributed by atoms with Crippen molar-refractivity contribution in [1.82, 2.24) is 4.98 Å². The van der Waals surface area contributed by atoms with E-state index in [-0.39, 0.29) is 5.56 Å². The number of alkyl halides is 1. The van der Waals surface area contributed by atoms with Crippen molar-refractivity contribution < 1.29 is 27.0 Å². The van der Waals surface area contributed by atoms with Gasteiger partial charge in [-0.05, 0) is 24.6 Å². The summed E-state index contributed by atoms with van der Waals surface area (Å²) in [5.41, 5.74) is 1.72. The van der Waals surface area contributed by atoms with E-state index in [1.807, 2.05) is 32.9 Å². The summed E-state index contributed by atoms with van der Waals surface area (Å²) in [5, 5.41) is 8.20. The minimum absolute atomic E-state index is 0.0795. The van der Waals surface area contributed by atoms with Gasteiger partial charge >= 0.3 is 0 Å². The molecule has 8 heteroatoms. The largest absolute Gasteiger partial charge is 0.294 e. The van der Waals surface area contributed by atoms with Crippen molar-refractivity contribution in [1.29, 1.82) is 5.26 Å². The lowest BCUT2D eigenvalue weighted by atomic mass is 10.1. The number of pyridine rings is 1. The monoisotopic (exact) mass is 422 g/mol. The third-order valence-corrected chi connectivity index (χ3v) is 3.62. The second-order valence-corrected chi connectivity index (χ2v) is 5.61. The Hall–Kier alpha value is -3.47. The van der Waals surface area contributed by atoms with Crippen LogP contribution in [0.5, 0.6) is 5.75 Å². The molecule has 158 valence electrons. The van der Waals surface area contributed by atoms with Gasteiger partial charge < -0.3 is 0 Å². The number of nitrogens with zero attached hydrogens (tertiary/aromatic N) is 2. The van der Waals surface area contributed by atoms with Crippen molar-refractivity contribution in [3.63, 3.8) is 0 Å². The van der Waals surface area contributed by atoms with Crippen LogP contribution in [0.25, 0.3) is 11.3 Å². The number of benzene rings is 2.